The maximum Gasteiger partial charge on any atom is 0.306 e. The standard InChI is InChI=1S/C52H86NO8P/c1-6-8-10-12-14-16-18-20-22-24-25-26-27-29-30-32-34-36-38-40-42-44-51(54)58-48-50(49-60-62(56,57)59-47-46-53(3,4)5)61-52(55)45-43-41-39-37-35-33-31-28-23-21-19-17-15-13-11-9-7-2/h8-11,14-17,20-23,25-26,31,33,37,39,50H,6-7,12-13,18-19,24,27-30,32,34-36,38,40-49H2,1-5H3/b10-8-,11-9-,16-14-,17-15-,22-20-,23-21-,26-25-,33-31-,39-37-. The van der Waals surface area contributed by atoms with E-state index in [2.05, 4.69) is 117 Å². The van der Waals surface area contributed by atoms with Crippen LogP contribution < -0.4 is 4.89 Å². The van der Waals surface area contributed by atoms with Gasteiger partial charge in [0.2, 0.25) is 0 Å². The van der Waals surface area contributed by atoms with Gasteiger partial charge in [-0.2, -0.15) is 0 Å². The molecular weight excluding hydrogens is 798 g/mol. The fraction of sp³-hybridized carbons (Fsp3) is 0.615. The third-order valence-corrected chi connectivity index (χ3v) is 10.3. The van der Waals surface area contributed by atoms with Crippen molar-refractivity contribution in [3.8, 4) is 0 Å². The second kappa shape index (κ2) is 42.9. The Labute approximate surface area is 378 Å². The lowest BCUT2D eigenvalue weighted by Gasteiger charge is -2.28. The molecule has 0 spiro atoms. The number of phosphoric ester groups is 1. The summed E-state index contributed by atoms with van der Waals surface area (Å²) in [4.78, 5) is 37.6. The van der Waals surface area contributed by atoms with Gasteiger partial charge in [-0.15, -0.1) is 0 Å². The van der Waals surface area contributed by atoms with Crippen molar-refractivity contribution in [2.45, 2.75) is 161 Å². The van der Waals surface area contributed by atoms with Gasteiger partial charge in [0.15, 0.2) is 6.10 Å². The van der Waals surface area contributed by atoms with Crippen molar-refractivity contribution >= 4 is 19.8 Å². The number of phosphoric acid groups is 1. The molecule has 0 aromatic rings. The molecule has 0 radical (unpaired) electrons. The van der Waals surface area contributed by atoms with Crippen molar-refractivity contribution in [3.05, 3.63) is 109 Å². The Bertz CT molecular complexity index is 1420. The van der Waals surface area contributed by atoms with Crippen LogP contribution in [0.25, 0.3) is 0 Å². The number of carbonyl (C=O) groups excluding carboxylic acids is 2. The van der Waals surface area contributed by atoms with E-state index in [0.29, 0.717) is 30.3 Å². The number of rotatable bonds is 41. The Morgan fingerprint density at radius 2 is 0.887 bits per heavy atom. The van der Waals surface area contributed by atoms with Crippen molar-refractivity contribution in [2.24, 2.45) is 0 Å². The molecule has 62 heavy (non-hydrogen) atoms. The van der Waals surface area contributed by atoms with E-state index in [0.717, 1.165) is 83.5 Å². The SMILES string of the molecule is CC/C=C\C/C=C\C/C=C\C/C=C\C/C=C\CCCC(=O)OC(COC(=O)CCCCCCCCCC/C=C\C/C=C\C/C=C\C/C=C\CC)COP(=O)([O-])OCC[N+](C)(C)C. The number of esters is 2. The molecule has 0 aliphatic rings. The molecule has 0 saturated carbocycles. The van der Waals surface area contributed by atoms with E-state index in [1.807, 2.05) is 27.2 Å². The number of quaternary nitrogens is 1. The lowest BCUT2D eigenvalue weighted by atomic mass is 10.1. The summed E-state index contributed by atoms with van der Waals surface area (Å²) in [6, 6.07) is 0. The average molecular weight is 884 g/mol. The first-order valence-electron chi connectivity index (χ1n) is 23.6. The van der Waals surface area contributed by atoms with Crippen LogP contribution in [0.3, 0.4) is 0 Å². The molecule has 0 aromatic carbocycles. The van der Waals surface area contributed by atoms with Crippen LogP contribution in [0.4, 0.5) is 0 Å². The molecule has 2 atom stereocenters. The zero-order valence-electron chi connectivity index (χ0n) is 39.5. The van der Waals surface area contributed by atoms with E-state index in [4.69, 9.17) is 18.5 Å². The highest BCUT2D eigenvalue weighted by molar-refractivity contribution is 7.45. The smallest absolute Gasteiger partial charge is 0.306 e. The maximum absolute atomic E-state index is 12.7. The van der Waals surface area contributed by atoms with E-state index < -0.39 is 32.5 Å². The van der Waals surface area contributed by atoms with Gasteiger partial charge < -0.3 is 27.9 Å². The molecule has 0 aliphatic carbocycles. The van der Waals surface area contributed by atoms with E-state index in [1.165, 1.54) is 25.7 Å². The van der Waals surface area contributed by atoms with Crippen LogP contribution in [0.1, 0.15) is 155 Å². The number of likely N-dealkylation sites (N-methyl/N-ethyl adjacent to an activating group) is 1. The second-order valence-corrected chi connectivity index (χ2v) is 17.8. The van der Waals surface area contributed by atoms with Crippen LogP contribution in [0.5, 0.6) is 0 Å². The Kier molecular flexibility index (Phi) is 40.6. The number of hydrogen-bond donors (Lipinski definition) is 0. The summed E-state index contributed by atoms with van der Waals surface area (Å²) in [6.07, 6.45) is 58.4. The van der Waals surface area contributed by atoms with Crippen molar-refractivity contribution < 1.29 is 42.1 Å². The van der Waals surface area contributed by atoms with E-state index in [9.17, 15) is 19.0 Å². The molecular formula is C52H86NO8P. The Balaban J connectivity index is 4.42. The van der Waals surface area contributed by atoms with Gasteiger partial charge in [0.25, 0.3) is 7.82 Å². The van der Waals surface area contributed by atoms with E-state index in [-0.39, 0.29) is 26.1 Å². The summed E-state index contributed by atoms with van der Waals surface area (Å²) in [5, 5.41) is 0. The van der Waals surface area contributed by atoms with Gasteiger partial charge in [-0.05, 0) is 89.9 Å². The summed E-state index contributed by atoms with van der Waals surface area (Å²) in [6.45, 7) is 3.90. The normalized spacial score (nSPS) is 14.5. The van der Waals surface area contributed by atoms with Crippen LogP contribution in [0, 0.1) is 0 Å². The zero-order chi connectivity index (χ0) is 45.7. The van der Waals surface area contributed by atoms with Crippen LogP contribution in [0.2, 0.25) is 0 Å². The number of nitrogens with zero attached hydrogens (tertiary/aromatic N) is 1. The van der Waals surface area contributed by atoms with E-state index in [1.54, 1.807) is 0 Å². The van der Waals surface area contributed by atoms with Crippen molar-refractivity contribution in [3.63, 3.8) is 0 Å². The molecule has 0 amide bonds. The van der Waals surface area contributed by atoms with Gasteiger partial charge in [-0.25, -0.2) is 0 Å². The highest BCUT2D eigenvalue weighted by Gasteiger charge is 2.21. The van der Waals surface area contributed by atoms with Gasteiger partial charge in [0.1, 0.15) is 19.8 Å². The van der Waals surface area contributed by atoms with Crippen molar-refractivity contribution in [2.75, 3.05) is 47.5 Å². The molecule has 2 unspecified atom stereocenters. The molecule has 0 N–H and O–H groups in total. The lowest BCUT2D eigenvalue weighted by molar-refractivity contribution is -0.870. The van der Waals surface area contributed by atoms with Gasteiger partial charge in [-0.3, -0.25) is 14.2 Å². The van der Waals surface area contributed by atoms with Crippen LogP contribution in [-0.4, -0.2) is 70.0 Å². The monoisotopic (exact) mass is 884 g/mol. The van der Waals surface area contributed by atoms with Crippen molar-refractivity contribution in [1.29, 1.82) is 0 Å². The number of ether oxygens (including phenoxy) is 2. The maximum atomic E-state index is 12.7. The summed E-state index contributed by atoms with van der Waals surface area (Å²) < 4.78 is 33.9. The average Bonchev–Trinajstić information content (AvgIpc) is 3.23. The number of allylic oxidation sites excluding steroid dienone is 18. The zero-order valence-corrected chi connectivity index (χ0v) is 40.4. The number of carbonyl (C=O) groups is 2. The minimum absolute atomic E-state index is 0.0494. The van der Waals surface area contributed by atoms with Crippen LogP contribution in [-0.2, 0) is 32.7 Å². The highest BCUT2D eigenvalue weighted by Crippen LogP contribution is 2.38. The fourth-order valence-corrected chi connectivity index (χ4v) is 6.41. The molecule has 0 aromatic heterocycles. The highest BCUT2D eigenvalue weighted by atomic mass is 31.2. The minimum Gasteiger partial charge on any atom is -0.756 e. The predicted molar refractivity (Wildman–Crippen MR) is 258 cm³/mol. The van der Waals surface area contributed by atoms with Gasteiger partial charge in [-0.1, -0.05) is 162 Å². The van der Waals surface area contributed by atoms with Gasteiger partial charge in [0.05, 0.1) is 27.7 Å². The third-order valence-electron chi connectivity index (χ3n) is 9.29. The molecule has 9 nitrogen and oxygen atoms in total. The van der Waals surface area contributed by atoms with Gasteiger partial charge in [0, 0.05) is 12.8 Å². The topological polar surface area (TPSA) is 111 Å². The first-order valence-corrected chi connectivity index (χ1v) is 25.1. The summed E-state index contributed by atoms with van der Waals surface area (Å²) in [5.41, 5.74) is 0. The fourth-order valence-electron chi connectivity index (χ4n) is 5.68. The van der Waals surface area contributed by atoms with Gasteiger partial charge >= 0.3 is 11.9 Å². The first kappa shape index (κ1) is 58.7. The summed E-state index contributed by atoms with van der Waals surface area (Å²) >= 11 is 0. The van der Waals surface area contributed by atoms with Crippen LogP contribution in [0.15, 0.2) is 109 Å². The molecule has 0 aliphatic heterocycles. The van der Waals surface area contributed by atoms with E-state index >= 15 is 0 Å². The second-order valence-electron chi connectivity index (χ2n) is 16.4. The molecule has 0 fully saturated rings. The molecule has 352 valence electrons. The Morgan fingerprint density at radius 1 is 0.500 bits per heavy atom. The molecule has 0 saturated heterocycles. The first-order chi connectivity index (χ1) is 30.0. The molecule has 0 rings (SSSR count). The Hall–Kier alpha value is -3.33. The largest absolute Gasteiger partial charge is 0.756 e. The lowest BCUT2D eigenvalue weighted by Crippen LogP contribution is -2.37. The number of unbranched alkanes of at least 4 members (excludes halogenated alkanes) is 9. The third kappa shape index (κ3) is 46.2. The van der Waals surface area contributed by atoms with Crippen LogP contribution >= 0.6 is 7.82 Å². The summed E-state index contributed by atoms with van der Waals surface area (Å²) in [5.74, 6) is -0.923. The summed E-state index contributed by atoms with van der Waals surface area (Å²) in [7, 11) is 1.10. The molecule has 0 heterocycles. The Morgan fingerprint density at radius 3 is 1.34 bits per heavy atom. The number of hydrogen-bond acceptors (Lipinski definition) is 8. The molecule has 10 heteroatoms. The predicted octanol–water partition coefficient (Wildman–Crippen LogP) is 13.3. The minimum atomic E-state index is -4.65. The van der Waals surface area contributed by atoms with Crippen molar-refractivity contribution in [1.82, 2.24) is 0 Å². The molecule has 0 bridgehead atoms. The quantitative estimate of drug-likeness (QED) is 0.0196.